The van der Waals surface area contributed by atoms with E-state index in [2.05, 4.69) is 22.2 Å². The topological polar surface area (TPSA) is 67.3 Å². The number of nitrogens with one attached hydrogen (secondary N) is 1. The van der Waals surface area contributed by atoms with Crippen molar-refractivity contribution in [2.24, 2.45) is 5.92 Å². The number of piperidine rings is 1. The summed E-state index contributed by atoms with van der Waals surface area (Å²) < 4.78 is 5.21. The number of aromatic nitrogens is 2. The Morgan fingerprint density at radius 1 is 1.25 bits per heavy atom. The second kappa shape index (κ2) is 7.29. The molecule has 0 radical (unpaired) electrons. The number of nitrogens with zero attached hydrogens (tertiary/aromatic N) is 3. The Bertz CT molecular complexity index is 712. The van der Waals surface area contributed by atoms with Crippen LogP contribution in [0.3, 0.4) is 0 Å². The molecule has 1 aliphatic heterocycles. The Labute approximate surface area is 141 Å². The summed E-state index contributed by atoms with van der Waals surface area (Å²) in [6, 6.07) is 9.24. The molecular weight excluding hydrogens is 304 g/mol. The van der Waals surface area contributed by atoms with Gasteiger partial charge in [-0.1, -0.05) is 13.0 Å². The SMILES string of the molecule is COc1cccc(Nc2cc(C(=O)N3CCC(C)CC3)ncn2)c1. The lowest BCUT2D eigenvalue weighted by Crippen LogP contribution is -2.38. The molecule has 6 heteroatoms. The van der Waals surface area contributed by atoms with E-state index >= 15 is 0 Å². The van der Waals surface area contributed by atoms with Crippen molar-refractivity contribution in [3.8, 4) is 5.75 Å². The molecular formula is C18H22N4O2. The van der Waals surface area contributed by atoms with Gasteiger partial charge in [0.05, 0.1) is 7.11 Å². The number of amides is 1. The fourth-order valence-electron chi connectivity index (χ4n) is 2.77. The summed E-state index contributed by atoms with van der Waals surface area (Å²) >= 11 is 0. The molecule has 0 bridgehead atoms. The van der Waals surface area contributed by atoms with E-state index < -0.39 is 0 Å². The van der Waals surface area contributed by atoms with Crippen LogP contribution >= 0.6 is 0 Å². The number of benzene rings is 1. The van der Waals surface area contributed by atoms with E-state index in [4.69, 9.17) is 4.74 Å². The lowest BCUT2D eigenvalue weighted by molar-refractivity contribution is 0.0691. The first kappa shape index (κ1) is 16.2. The second-order valence-corrected chi connectivity index (χ2v) is 6.12. The van der Waals surface area contributed by atoms with Gasteiger partial charge in [0.25, 0.3) is 5.91 Å². The number of likely N-dealkylation sites (tertiary alicyclic amines) is 1. The molecule has 2 aromatic rings. The van der Waals surface area contributed by atoms with Crippen LogP contribution in [0.1, 0.15) is 30.3 Å². The van der Waals surface area contributed by atoms with E-state index in [1.807, 2.05) is 29.2 Å². The Morgan fingerprint density at radius 3 is 2.79 bits per heavy atom. The molecule has 1 N–H and O–H groups in total. The number of carbonyl (C=O) groups is 1. The predicted molar refractivity (Wildman–Crippen MR) is 92.6 cm³/mol. The van der Waals surface area contributed by atoms with Crippen LogP contribution in [0.25, 0.3) is 0 Å². The minimum atomic E-state index is -0.0296. The first-order valence-corrected chi connectivity index (χ1v) is 8.18. The molecule has 2 heterocycles. The number of methoxy groups -OCH3 is 1. The summed E-state index contributed by atoms with van der Waals surface area (Å²) in [5.74, 6) is 2.00. The number of hydrogen-bond donors (Lipinski definition) is 1. The van der Waals surface area contributed by atoms with Crippen molar-refractivity contribution in [2.45, 2.75) is 19.8 Å². The van der Waals surface area contributed by atoms with E-state index in [-0.39, 0.29) is 5.91 Å². The first-order chi connectivity index (χ1) is 11.7. The van der Waals surface area contributed by atoms with Gasteiger partial charge >= 0.3 is 0 Å². The van der Waals surface area contributed by atoms with Crippen molar-refractivity contribution < 1.29 is 9.53 Å². The summed E-state index contributed by atoms with van der Waals surface area (Å²) in [5.41, 5.74) is 1.27. The van der Waals surface area contributed by atoms with Gasteiger partial charge in [-0.2, -0.15) is 0 Å². The third kappa shape index (κ3) is 3.82. The lowest BCUT2D eigenvalue weighted by Gasteiger charge is -2.30. The Kier molecular flexibility index (Phi) is 4.93. The molecule has 1 fully saturated rings. The Balaban J connectivity index is 1.72. The highest BCUT2D eigenvalue weighted by atomic mass is 16.5. The van der Waals surface area contributed by atoms with Crippen LogP contribution in [-0.2, 0) is 0 Å². The van der Waals surface area contributed by atoms with Crippen LogP contribution in [0.15, 0.2) is 36.7 Å². The van der Waals surface area contributed by atoms with E-state index in [9.17, 15) is 4.79 Å². The zero-order valence-electron chi connectivity index (χ0n) is 14.0. The first-order valence-electron chi connectivity index (χ1n) is 8.18. The molecule has 1 aromatic carbocycles. The van der Waals surface area contributed by atoms with Crippen LogP contribution in [0.2, 0.25) is 0 Å². The molecule has 0 atom stereocenters. The van der Waals surface area contributed by atoms with Gasteiger partial charge in [0.1, 0.15) is 23.6 Å². The highest BCUT2D eigenvalue weighted by Crippen LogP contribution is 2.21. The summed E-state index contributed by atoms with van der Waals surface area (Å²) in [6.45, 7) is 3.81. The monoisotopic (exact) mass is 326 g/mol. The average molecular weight is 326 g/mol. The van der Waals surface area contributed by atoms with Crippen molar-refractivity contribution in [3.05, 3.63) is 42.4 Å². The standard InChI is InChI=1S/C18H22N4O2/c1-13-6-8-22(9-7-13)18(23)16-11-17(20-12-19-16)21-14-4-3-5-15(10-14)24-2/h3-5,10-13H,6-9H2,1-2H3,(H,19,20,21). The summed E-state index contributed by atoms with van der Waals surface area (Å²) in [5, 5.41) is 3.18. The Morgan fingerprint density at radius 2 is 2.04 bits per heavy atom. The van der Waals surface area contributed by atoms with Crippen molar-refractivity contribution in [3.63, 3.8) is 0 Å². The number of hydrogen-bond acceptors (Lipinski definition) is 5. The van der Waals surface area contributed by atoms with Gasteiger partial charge < -0.3 is 15.0 Å². The summed E-state index contributed by atoms with van der Waals surface area (Å²) in [4.78, 5) is 22.8. The molecule has 1 aromatic heterocycles. The highest BCUT2D eigenvalue weighted by molar-refractivity contribution is 5.93. The van der Waals surface area contributed by atoms with Gasteiger partial charge in [-0.05, 0) is 30.9 Å². The van der Waals surface area contributed by atoms with E-state index in [0.29, 0.717) is 17.4 Å². The van der Waals surface area contributed by atoms with Gasteiger partial charge in [-0.15, -0.1) is 0 Å². The normalized spacial score (nSPS) is 15.2. The van der Waals surface area contributed by atoms with Crippen molar-refractivity contribution >= 4 is 17.4 Å². The van der Waals surface area contributed by atoms with Crippen LogP contribution in [0.5, 0.6) is 5.75 Å². The van der Waals surface area contributed by atoms with E-state index in [0.717, 1.165) is 37.4 Å². The Hall–Kier alpha value is -2.63. The van der Waals surface area contributed by atoms with Gasteiger partial charge in [-0.25, -0.2) is 9.97 Å². The average Bonchev–Trinajstić information content (AvgIpc) is 2.62. The molecule has 0 saturated carbocycles. The maximum atomic E-state index is 12.6. The van der Waals surface area contributed by atoms with Crippen LogP contribution in [0.4, 0.5) is 11.5 Å². The number of ether oxygens (including phenoxy) is 1. The minimum absolute atomic E-state index is 0.0296. The van der Waals surface area contributed by atoms with E-state index in [1.165, 1.54) is 6.33 Å². The van der Waals surface area contributed by atoms with Gasteiger partial charge in [0, 0.05) is 30.9 Å². The molecule has 3 rings (SSSR count). The lowest BCUT2D eigenvalue weighted by atomic mass is 9.99. The zero-order chi connectivity index (χ0) is 16.9. The van der Waals surface area contributed by atoms with Crippen LogP contribution in [0, 0.1) is 5.92 Å². The molecule has 0 spiro atoms. The molecule has 0 aliphatic carbocycles. The van der Waals surface area contributed by atoms with Crippen LogP contribution < -0.4 is 10.1 Å². The summed E-state index contributed by atoms with van der Waals surface area (Å²) in [7, 11) is 1.63. The van der Waals surface area contributed by atoms with Gasteiger partial charge in [0.2, 0.25) is 0 Å². The summed E-state index contributed by atoms with van der Waals surface area (Å²) in [6.07, 6.45) is 3.51. The van der Waals surface area contributed by atoms with Gasteiger partial charge in [0.15, 0.2) is 0 Å². The molecule has 1 saturated heterocycles. The maximum Gasteiger partial charge on any atom is 0.272 e. The fourth-order valence-corrected chi connectivity index (χ4v) is 2.77. The molecule has 1 aliphatic rings. The number of carbonyl (C=O) groups excluding carboxylic acids is 1. The van der Waals surface area contributed by atoms with E-state index in [1.54, 1.807) is 13.2 Å². The molecule has 0 unspecified atom stereocenters. The van der Waals surface area contributed by atoms with Crippen molar-refractivity contribution in [1.82, 2.24) is 14.9 Å². The molecule has 1 amide bonds. The number of anilines is 2. The predicted octanol–water partition coefficient (Wildman–Crippen LogP) is 3.10. The van der Waals surface area contributed by atoms with Crippen LogP contribution in [-0.4, -0.2) is 41.0 Å². The quantitative estimate of drug-likeness (QED) is 0.935. The highest BCUT2D eigenvalue weighted by Gasteiger charge is 2.22. The van der Waals surface area contributed by atoms with Gasteiger partial charge in [-0.3, -0.25) is 4.79 Å². The smallest absolute Gasteiger partial charge is 0.272 e. The third-order valence-electron chi connectivity index (χ3n) is 4.30. The second-order valence-electron chi connectivity index (χ2n) is 6.12. The fraction of sp³-hybridized carbons (Fsp3) is 0.389. The van der Waals surface area contributed by atoms with Crippen molar-refractivity contribution in [1.29, 1.82) is 0 Å². The molecule has 6 nitrogen and oxygen atoms in total. The third-order valence-corrected chi connectivity index (χ3v) is 4.30. The molecule has 126 valence electrons. The maximum absolute atomic E-state index is 12.6. The minimum Gasteiger partial charge on any atom is -0.497 e. The molecule has 24 heavy (non-hydrogen) atoms. The largest absolute Gasteiger partial charge is 0.497 e. The zero-order valence-corrected chi connectivity index (χ0v) is 14.0. The van der Waals surface area contributed by atoms with Crippen molar-refractivity contribution in [2.75, 3.05) is 25.5 Å². The number of rotatable bonds is 4.